The summed E-state index contributed by atoms with van der Waals surface area (Å²) < 4.78 is 38.0. The van der Waals surface area contributed by atoms with E-state index in [0.29, 0.717) is 16.4 Å². The van der Waals surface area contributed by atoms with Gasteiger partial charge in [-0.1, -0.05) is 0 Å². The number of likely N-dealkylation sites (N-methyl/N-ethyl adjacent to an activating group) is 1. The van der Waals surface area contributed by atoms with Gasteiger partial charge in [0.25, 0.3) is 5.69 Å². The molecule has 0 unspecified atom stereocenters. The lowest BCUT2D eigenvalue weighted by Gasteiger charge is -2.15. The van der Waals surface area contributed by atoms with Gasteiger partial charge in [0.15, 0.2) is 0 Å². The minimum atomic E-state index is -4.32. The van der Waals surface area contributed by atoms with Gasteiger partial charge in [-0.25, -0.2) is 12.8 Å². The second-order valence-electron chi connectivity index (χ2n) is 3.96. The summed E-state index contributed by atoms with van der Waals surface area (Å²) in [5.41, 5.74) is -0.984. The van der Waals surface area contributed by atoms with Gasteiger partial charge in [0.2, 0.25) is 10.0 Å². The quantitative estimate of drug-likeness (QED) is 0.633. The molecule has 0 aliphatic heterocycles. The van der Waals surface area contributed by atoms with E-state index in [4.69, 9.17) is 5.11 Å². The van der Waals surface area contributed by atoms with Crippen molar-refractivity contribution >= 4 is 21.7 Å². The van der Waals surface area contributed by atoms with E-state index in [1.807, 2.05) is 0 Å². The van der Waals surface area contributed by atoms with Crippen molar-refractivity contribution in [3.63, 3.8) is 0 Å². The summed E-state index contributed by atoms with van der Waals surface area (Å²) in [7, 11) is -3.34. The zero-order valence-electron chi connectivity index (χ0n) is 10.5. The van der Waals surface area contributed by atoms with Crippen molar-refractivity contribution in [2.75, 3.05) is 13.6 Å². The molecule has 0 fully saturated rings. The van der Waals surface area contributed by atoms with E-state index in [-0.39, 0.29) is 5.56 Å². The predicted molar refractivity (Wildman–Crippen MR) is 65.2 cm³/mol. The summed E-state index contributed by atoms with van der Waals surface area (Å²) in [6.07, 6.45) is 0. The van der Waals surface area contributed by atoms with Crippen LogP contribution in [0.5, 0.6) is 0 Å². The molecule has 0 atom stereocenters. The van der Waals surface area contributed by atoms with Crippen molar-refractivity contribution in [1.29, 1.82) is 0 Å². The maximum atomic E-state index is 13.6. The molecule has 0 amide bonds. The largest absolute Gasteiger partial charge is 0.480 e. The summed E-state index contributed by atoms with van der Waals surface area (Å²) >= 11 is 0. The van der Waals surface area contributed by atoms with E-state index in [1.54, 1.807) is 0 Å². The number of carboxylic acid groups (broad SMARTS) is 1. The van der Waals surface area contributed by atoms with Crippen molar-refractivity contribution < 1.29 is 27.6 Å². The Hall–Kier alpha value is -2.07. The Morgan fingerprint density at radius 2 is 2.05 bits per heavy atom. The summed E-state index contributed by atoms with van der Waals surface area (Å²) in [5, 5.41) is 19.3. The molecular weight excluding hydrogens is 295 g/mol. The molecule has 0 aromatic heterocycles. The fourth-order valence-corrected chi connectivity index (χ4v) is 2.59. The van der Waals surface area contributed by atoms with Crippen molar-refractivity contribution in [2.24, 2.45) is 0 Å². The second kappa shape index (κ2) is 5.51. The molecule has 20 heavy (non-hydrogen) atoms. The first-order chi connectivity index (χ1) is 9.07. The Morgan fingerprint density at radius 1 is 1.50 bits per heavy atom. The lowest BCUT2D eigenvalue weighted by atomic mass is 10.2. The number of benzene rings is 1. The number of aliphatic carboxylic acids is 1. The zero-order valence-corrected chi connectivity index (χ0v) is 11.3. The van der Waals surface area contributed by atoms with Crippen molar-refractivity contribution in [3.05, 3.63) is 33.6 Å². The van der Waals surface area contributed by atoms with Gasteiger partial charge in [-0.2, -0.15) is 4.31 Å². The van der Waals surface area contributed by atoms with Gasteiger partial charge < -0.3 is 5.11 Å². The Morgan fingerprint density at radius 3 is 2.50 bits per heavy atom. The highest BCUT2D eigenvalue weighted by Gasteiger charge is 2.27. The first kappa shape index (κ1) is 16.0. The van der Waals surface area contributed by atoms with E-state index in [2.05, 4.69) is 0 Å². The van der Waals surface area contributed by atoms with Gasteiger partial charge in [-0.3, -0.25) is 14.9 Å². The predicted octanol–water partition coefficient (Wildman–Crippen LogP) is 0.747. The van der Waals surface area contributed by atoms with Crippen LogP contribution in [0.15, 0.2) is 17.0 Å². The van der Waals surface area contributed by atoms with Crippen LogP contribution in [0.3, 0.4) is 0 Å². The Balaban J connectivity index is 3.40. The number of hydrogen-bond acceptors (Lipinski definition) is 5. The summed E-state index contributed by atoms with van der Waals surface area (Å²) in [6.45, 7) is 0.302. The number of carboxylic acids is 1. The van der Waals surface area contributed by atoms with E-state index >= 15 is 0 Å². The number of nitrogens with zero attached hydrogens (tertiary/aromatic N) is 2. The van der Waals surface area contributed by atoms with Crippen LogP contribution in [-0.2, 0) is 14.8 Å². The molecule has 1 aromatic rings. The van der Waals surface area contributed by atoms with E-state index in [0.717, 1.165) is 14.0 Å². The van der Waals surface area contributed by atoms with Crippen molar-refractivity contribution in [2.45, 2.75) is 11.8 Å². The number of nitro groups is 1. The van der Waals surface area contributed by atoms with Crippen LogP contribution < -0.4 is 0 Å². The smallest absolute Gasteiger partial charge is 0.318 e. The van der Waals surface area contributed by atoms with Crippen LogP contribution in [0.1, 0.15) is 5.56 Å². The molecule has 0 saturated heterocycles. The Labute approximate surface area is 113 Å². The maximum absolute atomic E-state index is 13.6. The molecule has 10 heteroatoms. The third-order valence-electron chi connectivity index (χ3n) is 2.55. The first-order valence-electron chi connectivity index (χ1n) is 5.20. The molecule has 0 aliphatic carbocycles. The van der Waals surface area contributed by atoms with Gasteiger partial charge >= 0.3 is 5.97 Å². The Bertz CT molecular complexity index is 673. The highest BCUT2D eigenvalue weighted by Crippen LogP contribution is 2.26. The van der Waals surface area contributed by atoms with Gasteiger partial charge in [0.05, 0.1) is 15.4 Å². The molecule has 8 nitrogen and oxygen atoms in total. The second-order valence-corrected chi connectivity index (χ2v) is 6.01. The standard InChI is InChI=1S/C10H11FN2O6S/c1-6-8(11)3-7(4-9(6)13(16)17)20(18,19)12(2)5-10(14)15/h3-4H,5H2,1-2H3,(H,14,15). The molecule has 0 radical (unpaired) electrons. The molecule has 0 aliphatic rings. The average molecular weight is 306 g/mol. The van der Waals surface area contributed by atoms with Crippen LogP contribution in [0.4, 0.5) is 10.1 Å². The normalized spacial score (nSPS) is 11.6. The van der Waals surface area contributed by atoms with Crippen LogP contribution in [0.2, 0.25) is 0 Å². The highest BCUT2D eigenvalue weighted by molar-refractivity contribution is 7.89. The molecule has 1 rings (SSSR count). The van der Waals surface area contributed by atoms with E-state index < -0.39 is 43.9 Å². The van der Waals surface area contributed by atoms with E-state index in [1.165, 1.54) is 0 Å². The molecule has 0 bridgehead atoms. The minimum Gasteiger partial charge on any atom is -0.480 e. The average Bonchev–Trinajstić information content (AvgIpc) is 2.30. The molecule has 110 valence electrons. The number of hydrogen-bond donors (Lipinski definition) is 1. The molecule has 0 heterocycles. The molecule has 0 saturated carbocycles. The summed E-state index contributed by atoms with van der Waals surface area (Å²) in [4.78, 5) is 19.7. The number of halogens is 1. The molecule has 0 spiro atoms. The van der Waals surface area contributed by atoms with Crippen LogP contribution in [0.25, 0.3) is 0 Å². The minimum absolute atomic E-state index is 0.296. The fourth-order valence-electron chi connectivity index (χ4n) is 1.43. The van der Waals surface area contributed by atoms with Gasteiger partial charge in [-0.15, -0.1) is 0 Å². The monoisotopic (exact) mass is 306 g/mol. The third kappa shape index (κ3) is 3.08. The SMILES string of the molecule is Cc1c(F)cc(S(=O)(=O)N(C)CC(=O)O)cc1[N+](=O)[O-]. The third-order valence-corrected chi connectivity index (χ3v) is 4.33. The highest BCUT2D eigenvalue weighted by atomic mass is 32.2. The van der Waals surface area contributed by atoms with Crippen LogP contribution in [0, 0.1) is 22.9 Å². The first-order valence-corrected chi connectivity index (χ1v) is 6.64. The summed E-state index contributed by atoms with van der Waals surface area (Å²) in [5.74, 6) is -2.46. The number of carbonyl (C=O) groups is 1. The van der Waals surface area contributed by atoms with Gasteiger partial charge in [0, 0.05) is 13.1 Å². The van der Waals surface area contributed by atoms with Crippen LogP contribution in [-0.4, -0.2) is 42.3 Å². The Kier molecular flexibility index (Phi) is 4.40. The van der Waals surface area contributed by atoms with Crippen molar-refractivity contribution in [1.82, 2.24) is 4.31 Å². The van der Waals surface area contributed by atoms with Gasteiger partial charge in [-0.05, 0) is 13.0 Å². The number of sulfonamides is 1. The number of nitro benzene ring substituents is 1. The zero-order chi connectivity index (χ0) is 15.7. The lowest BCUT2D eigenvalue weighted by molar-refractivity contribution is -0.385. The molecule has 1 aromatic carbocycles. The summed E-state index contributed by atoms with van der Waals surface area (Å²) in [6, 6.07) is 1.32. The molecule has 1 N–H and O–H groups in total. The number of rotatable bonds is 5. The maximum Gasteiger partial charge on any atom is 0.318 e. The van der Waals surface area contributed by atoms with Crippen molar-refractivity contribution in [3.8, 4) is 0 Å². The van der Waals surface area contributed by atoms with Gasteiger partial charge in [0.1, 0.15) is 12.4 Å². The lowest BCUT2D eigenvalue weighted by Crippen LogP contribution is -2.32. The van der Waals surface area contributed by atoms with E-state index in [9.17, 15) is 27.7 Å². The molecular formula is C10H11FN2O6S. The van der Waals surface area contributed by atoms with Crippen LogP contribution >= 0.6 is 0 Å². The fraction of sp³-hybridized carbons (Fsp3) is 0.300. The topological polar surface area (TPSA) is 118 Å².